The Kier molecular flexibility index (Phi) is 4.81. The summed E-state index contributed by atoms with van der Waals surface area (Å²) in [5, 5.41) is 3.22. The van der Waals surface area contributed by atoms with Gasteiger partial charge < -0.3 is 15.0 Å². The average Bonchev–Trinajstić information content (AvgIpc) is 2.49. The first-order chi connectivity index (χ1) is 10.1. The molecule has 0 heterocycles. The minimum absolute atomic E-state index is 0.119. The summed E-state index contributed by atoms with van der Waals surface area (Å²) in [7, 11) is 7.45. The largest absolute Gasteiger partial charge is 0.496 e. The quantitative estimate of drug-likeness (QED) is 0.914. The van der Waals surface area contributed by atoms with Crippen molar-refractivity contribution in [2.24, 2.45) is 0 Å². The molecular weight excluding hydrogens is 267 g/mol. The van der Waals surface area contributed by atoms with Crippen molar-refractivity contribution >= 4 is 5.69 Å². The monoisotopic (exact) mass is 288 g/mol. The van der Waals surface area contributed by atoms with Crippen LogP contribution in [-0.2, 0) is 0 Å². The normalized spacial score (nSPS) is 12.0. The molecule has 0 fully saturated rings. The van der Waals surface area contributed by atoms with Crippen LogP contribution in [0.1, 0.15) is 17.2 Å². The maximum absolute atomic E-state index is 13.6. The number of ether oxygens (including phenoxy) is 1. The lowest BCUT2D eigenvalue weighted by Gasteiger charge is -2.21. The van der Waals surface area contributed by atoms with Gasteiger partial charge in [-0.1, -0.05) is 12.1 Å². The molecule has 2 aromatic rings. The summed E-state index contributed by atoms with van der Waals surface area (Å²) in [5.74, 6) is 0.406. The lowest BCUT2D eigenvalue weighted by Crippen LogP contribution is -2.19. The first-order valence-electron chi connectivity index (χ1n) is 6.84. The Balaban J connectivity index is 2.41. The second-order valence-corrected chi connectivity index (χ2v) is 5.09. The van der Waals surface area contributed by atoms with Gasteiger partial charge in [0.1, 0.15) is 11.6 Å². The highest BCUT2D eigenvalue weighted by Crippen LogP contribution is 2.31. The third-order valence-electron chi connectivity index (χ3n) is 3.53. The van der Waals surface area contributed by atoms with Gasteiger partial charge in [-0.3, -0.25) is 0 Å². The number of anilines is 1. The Morgan fingerprint density at radius 2 is 1.76 bits per heavy atom. The van der Waals surface area contributed by atoms with Crippen LogP contribution in [0, 0.1) is 5.82 Å². The Morgan fingerprint density at radius 3 is 2.29 bits per heavy atom. The van der Waals surface area contributed by atoms with Crippen molar-refractivity contribution in [3.63, 3.8) is 0 Å². The van der Waals surface area contributed by atoms with E-state index < -0.39 is 0 Å². The third kappa shape index (κ3) is 3.34. The van der Waals surface area contributed by atoms with Crippen LogP contribution in [0.4, 0.5) is 10.1 Å². The summed E-state index contributed by atoms with van der Waals surface area (Å²) in [5.41, 5.74) is 2.98. The van der Waals surface area contributed by atoms with Crippen molar-refractivity contribution in [2.45, 2.75) is 6.04 Å². The van der Waals surface area contributed by atoms with Crippen LogP contribution in [0.25, 0.3) is 0 Å². The summed E-state index contributed by atoms with van der Waals surface area (Å²) in [6, 6.07) is 12.6. The first-order valence-corrected chi connectivity index (χ1v) is 6.84. The van der Waals surface area contributed by atoms with E-state index in [0.29, 0.717) is 5.75 Å². The topological polar surface area (TPSA) is 24.5 Å². The summed E-state index contributed by atoms with van der Waals surface area (Å²) >= 11 is 0. The fourth-order valence-electron chi connectivity index (χ4n) is 2.40. The van der Waals surface area contributed by atoms with Crippen molar-refractivity contribution in [2.75, 3.05) is 33.2 Å². The van der Waals surface area contributed by atoms with Crippen LogP contribution in [0.15, 0.2) is 42.5 Å². The number of nitrogens with zero attached hydrogens (tertiary/aromatic N) is 1. The van der Waals surface area contributed by atoms with Crippen molar-refractivity contribution in [3.05, 3.63) is 59.4 Å². The second kappa shape index (κ2) is 6.59. The summed E-state index contributed by atoms with van der Waals surface area (Å²) < 4.78 is 18.9. The zero-order chi connectivity index (χ0) is 15.4. The molecule has 0 aromatic heterocycles. The summed E-state index contributed by atoms with van der Waals surface area (Å²) in [6.07, 6.45) is 0. The van der Waals surface area contributed by atoms with E-state index in [-0.39, 0.29) is 11.9 Å². The maximum atomic E-state index is 13.6. The van der Waals surface area contributed by atoms with E-state index in [1.54, 1.807) is 13.2 Å². The Labute approximate surface area is 125 Å². The van der Waals surface area contributed by atoms with E-state index in [9.17, 15) is 4.39 Å². The van der Waals surface area contributed by atoms with Gasteiger partial charge in [-0.25, -0.2) is 4.39 Å². The molecule has 0 saturated heterocycles. The van der Waals surface area contributed by atoms with Gasteiger partial charge in [-0.2, -0.15) is 0 Å². The molecule has 0 amide bonds. The Hall–Kier alpha value is -2.07. The highest BCUT2D eigenvalue weighted by atomic mass is 19.1. The van der Waals surface area contributed by atoms with Gasteiger partial charge >= 0.3 is 0 Å². The van der Waals surface area contributed by atoms with Gasteiger partial charge in [0.05, 0.1) is 13.2 Å². The van der Waals surface area contributed by atoms with Gasteiger partial charge in [0.2, 0.25) is 0 Å². The molecule has 0 aliphatic carbocycles. The zero-order valence-corrected chi connectivity index (χ0v) is 12.9. The van der Waals surface area contributed by atoms with Crippen molar-refractivity contribution in [1.29, 1.82) is 0 Å². The molecule has 0 bridgehead atoms. The van der Waals surface area contributed by atoms with Crippen LogP contribution < -0.4 is 15.0 Å². The lowest BCUT2D eigenvalue weighted by atomic mass is 9.97. The van der Waals surface area contributed by atoms with Gasteiger partial charge in [0.15, 0.2) is 0 Å². The predicted molar refractivity (Wildman–Crippen MR) is 84.6 cm³/mol. The average molecular weight is 288 g/mol. The highest BCUT2D eigenvalue weighted by Gasteiger charge is 2.17. The van der Waals surface area contributed by atoms with E-state index in [0.717, 1.165) is 16.8 Å². The zero-order valence-electron chi connectivity index (χ0n) is 12.9. The van der Waals surface area contributed by atoms with Crippen molar-refractivity contribution in [1.82, 2.24) is 5.32 Å². The van der Waals surface area contributed by atoms with Crippen LogP contribution in [-0.4, -0.2) is 28.3 Å². The van der Waals surface area contributed by atoms with Crippen LogP contribution in [0.3, 0.4) is 0 Å². The number of nitrogens with one attached hydrogen (secondary N) is 1. The van der Waals surface area contributed by atoms with E-state index in [4.69, 9.17) is 4.74 Å². The van der Waals surface area contributed by atoms with Gasteiger partial charge in [0.25, 0.3) is 0 Å². The molecule has 0 aliphatic heterocycles. The molecule has 3 nitrogen and oxygen atoms in total. The molecule has 1 unspecified atom stereocenters. The molecule has 0 radical (unpaired) electrons. The molecule has 2 rings (SSSR count). The molecule has 2 aromatic carbocycles. The van der Waals surface area contributed by atoms with Crippen molar-refractivity contribution in [3.8, 4) is 5.75 Å². The Bertz CT molecular complexity index is 596. The van der Waals surface area contributed by atoms with Gasteiger partial charge in [-0.15, -0.1) is 0 Å². The smallest absolute Gasteiger partial charge is 0.124 e. The van der Waals surface area contributed by atoms with Gasteiger partial charge in [-0.05, 0) is 42.9 Å². The standard InChI is InChI=1S/C17H21FN2O/c1-19-17(12-5-8-14(9-6-12)20(2)3)15-11-13(18)7-10-16(15)21-4/h5-11,17,19H,1-4H3. The summed E-state index contributed by atoms with van der Waals surface area (Å²) in [6.45, 7) is 0. The predicted octanol–water partition coefficient (Wildman–Crippen LogP) is 3.21. The fraction of sp³-hybridized carbons (Fsp3) is 0.294. The van der Waals surface area contributed by atoms with Gasteiger partial charge in [0, 0.05) is 25.3 Å². The van der Waals surface area contributed by atoms with Crippen LogP contribution in [0.2, 0.25) is 0 Å². The van der Waals surface area contributed by atoms with E-state index >= 15 is 0 Å². The molecule has 1 N–H and O–H groups in total. The van der Waals surface area contributed by atoms with E-state index in [1.165, 1.54) is 12.1 Å². The molecule has 0 aliphatic rings. The molecule has 4 heteroatoms. The fourth-order valence-corrected chi connectivity index (χ4v) is 2.40. The second-order valence-electron chi connectivity index (χ2n) is 5.09. The molecule has 21 heavy (non-hydrogen) atoms. The molecule has 0 saturated carbocycles. The van der Waals surface area contributed by atoms with E-state index in [1.807, 2.05) is 50.3 Å². The number of hydrogen-bond donors (Lipinski definition) is 1. The molecule has 112 valence electrons. The number of methoxy groups -OCH3 is 1. The molecule has 0 spiro atoms. The highest BCUT2D eigenvalue weighted by molar-refractivity contribution is 5.49. The van der Waals surface area contributed by atoms with Crippen LogP contribution >= 0.6 is 0 Å². The molecular formula is C17H21FN2O. The lowest BCUT2D eigenvalue weighted by molar-refractivity contribution is 0.404. The minimum Gasteiger partial charge on any atom is -0.496 e. The number of benzene rings is 2. The minimum atomic E-state index is -0.268. The number of rotatable bonds is 5. The SMILES string of the molecule is CNC(c1ccc(N(C)C)cc1)c1cc(F)ccc1OC. The van der Waals surface area contributed by atoms with Crippen molar-refractivity contribution < 1.29 is 9.13 Å². The first kappa shape index (κ1) is 15.3. The Morgan fingerprint density at radius 1 is 1.10 bits per heavy atom. The number of halogens is 1. The van der Waals surface area contributed by atoms with E-state index in [2.05, 4.69) is 5.32 Å². The molecule has 1 atom stereocenters. The maximum Gasteiger partial charge on any atom is 0.124 e. The van der Waals surface area contributed by atoms with Crippen LogP contribution in [0.5, 0.6) is 5.75 Å². The number of hydrogen-bond acceptors (Lipinski definition) is 3. The summed E-state index contributed by atoms with van der Waals surface area (Å²) in [4.78, 5) is 2.04. The third-order valence-corrected chi connectivity index (χ3v) is 3.53.